The molecule has 50 heavy (non-hydrogen) atoms. The Morgan fingerprint density at radius 1 is 0.860 bits per heavy atom. The van der Waals surface area contributed by atoms with Gasteiger partial charge in [-0.2, -0.15) is 5.10 Å². The van der Waals surface area contributed by atoms with Crippen LogP contribution in [-0.4, -0.2) is 56.1 Å². The van der Waals surface area contributed by atoms with Gasteiger partial charge in [-0.25, -0.2) is 18.4 Å². The van der Waals surface area contributed by atoms with Crippen LogP contribution in [0.4, 0.5) is 8.78 Å². The molecule has 262 valence electrons. The third-order valence-electron chi connectivity index (χ3n) is 8.43. The maximum atomic E-state index is 14.3. The summed E-state index contributed by atoms with van der Waals surface area (Å²) in [6.45, 7) is 3.99. The third-order valence-corrected chi connectivity index (χ3v) is 9.29. The molecule has 6 rings (SSSR count). The number of carbonyl (C=O) groups is 1. The normalized spacial score (nSPS) is 16.2. The zero-order valence-electron chi connectivity index (χ0n) is 28.5. The topological polar surface area (TPSA) is 106 Å². The summed E-state index contributed by atoms with van der Waals surface area (Å²) in [6, 6.07) is 16.0. The van der Waals surface area contributed by atoms with Crippen LogP contribution in [0.5, 0.6) is 28.7 Å². The van der Waals surface area contributed by atoms with E-state index >= 15 is 0 Å². The van der Waals surface area contributed by atoms with Gasteiger partial charge in [-0.1, -0.05) is 34.1 Å². The molecule has 0 unspecified atom stereocenters. The number of halogens is 3. The Balaban J connectivity index is 0.000000194. The van der Waals surface area contributed by atoms with Crippen LogP contribution in [0.15, 0.2) is 77.8 Å². The molecule has 1 saturated heterocycles. The molecule has 1 aliphatic rings. The smallest absolute Gasteiger partial charge is 0.204 e. The molecular weight excluding hydrogens is 716 g/mol. The molecule has 1 aromatic heterocycles. The molecule has 0 aliphatic carbocycles. The number of carbonyl (C=O) groups excluding carboxylic acids is 1. The van der Waals surface area contributed by atoms with Gasteiger partial charge >= 0.3 is 0 Å². The minimum Gasteiger partial charge on any atom is -0.496 e. The van der Waals surface area contributed by atoms with Gasteiger partial charge in [0.15, 0.2) is 11.5 Å². The molecule has 0 radical (unpaired) electrons. The summed E-state index contributed by atoms with van der Waals surface area (Å²) < 4.78 is 63.2. The van der Waals surface area contributed by atoms with Crippen molar-refractivity contribution >= 4 is 21.7 Å². The van der Waals surface area contributed by atoms with Crippen LogP contribution in [0.25, 0.3) is 0 Å². The van der Waals surface area contributed by atoms with Gasteiger partial charge in [-0.15, -0.1) is 0 Å². The molecule has 13 heteroatoms. The number of rotatable bonds is 11. The van der Waals surface area contributed by atoms with Crippen LogP contribution in [-0.2, 0) is 16.9 Å². The average molecular weight is 753 g/mol. The lowest BCUT2D eigenvalue weighted by atomic mass is 9.90. The van der Waals surface area contributed by atoms with Crippen molar-refractivity contribution in [1.29, 1.82) is 0 Å². The van der Waals surface area contributed by atoms with Crippen LogP contribution < -0.4 is 23.7 Å². The highest BCUT2D eigenvalue weighted by molar-refractivity contribution is 9.10. The van der Waals surface area contributed by atoms with Crippen LogP contribution >= 0.6 is 15.9 Å². The van der Waals surface area contributed by atoms with Crippen molar-refractivity contribution in [3.63, 3.8) is 0 Å². The number of ketones is 1. The Labute approximate surface area is 297 Å². The van der Waals surface area contributed by atoms with E-state index in [4.69, 9.17) is 28.4 Å². The first-order valence-electron chi connectivity index (χ1n) is 15.3. The molecule has 2 heterocycles. The predicted octanol–water partition coefficient (Wildman–Crippen LogP) is 7.56. The summed E-state index contributed by atoms with van der Waals surface area (Å²) in [7, 11) is 7.55. The minimum absolute atomic E-state index is 0.203. The highest BCUT2D eigenvalue weighted by atomic mass is 79.9. The van der Waals surface area contributed by atoms with Gasteiger partial charge in [-0.3, -0.25) is 4.79 Å². The van der Waals surface area contributed by atoms with E-state index in [0.29, 0.717) is 57.5 Å². The standard InChI is InChI=1S/C19H21BrO5.C18H15F2N3O2/c1-10-9-14(23-4)18(24-5)19(25-6)15(10)17(21)16-11(2)12(20)7-8-13(16)22-3;1-24-16-8-12(19)6-7-14(16)18(9-23-11-21-10-22-23)17(25-18)13-4-2-3-5-15(13)20/h7-9H,1-6H3;2-8,10-11,17H,9H2,1H3/t;17-,18-/m.0/s1. The van der Waals surface area contributed by atoms with E-state index < -0.39 is 17.5 Å². The molecule has 5 aromatic rings. The van der Waals surface area contributed by atoms with E-state index in [1.54, 1.807) is 54.5 Å². The number of nitrogens with zero attached hydrogens (tertiary/aromatic N) is 3. The van der Waals surface area contributed by atoms with Crippen LogP contribution in [0.1, 0.15) is 44.3 Å². The summed E-state index contributed by atoms with van der Waals surface area (Å²) in [6.07, 6.45) is 2.44. The van der Waals surface area contributed by atoms with E-state index in [2.05, 4.69) is 26.0 Å². The Morgan fingerprint density at radius 3 is 2.18 bits per heavy atom. The van der Waals surface area contributed by atoms with Crippen LogP contribution in [0, 0.1) is 25.5 Å². The Bertz CT molecular complexity index is 2010. The number of ether oxygens (including phenoxy) is 6. The highest BCUT2D eigenvalue weighted by Crippen LogP contribution is 2.60. The second kappa shape index (κ2) is 15.3. The van der Waals surface area contributed by atoms with Crippen molar-refractivity contribution in [2.45, 2.75) is 32.1 Å². The van der Waals surface area contributed by atoms with Gasteiger partial charge in [0.05, 0.1) is 53.2 Å². The van der Waals surface area contributed by atoms with E-state index in [-0.39, 0.29) is 11.6 Å². The maximum absolute atomic E-state index is 14.3. The zero-order chi connectivity index (χ0) is 36.2. The number of methoxy groups -OCH3 is 5. The van der Waals surface area contributed by atoms with Crippen molar-refractivity contribution in [2.75, 3.05) is 35.5 Å². The molecule has 0 N–H and O–H groups in total. The zero-order valence-corrected chi connectivity index (χ0v) is 30.1. The molecule has 4 aromatic carbocycles. The van der Waals surface area contributed by atoms with Crippen LogP contribution in [0.3, 0.4) is 0 Å². The number of epoxide rings is 1. The fourth-order valence-corrected chi connectivity index (χ4v) is 6.29. The SMILES string of the molecule is COc1cc(C)c(C(=O)c2c(OC)ccc(Br)c2C)c(OC)c1OC.COc1cc(F)ccc1[C@]1(Cn2cncn2)O[C@H]1c1ccccc1F. The van der Waals surface area contributed by atoms with E-state index in [1.807, 2.05) is 19.9 Å². The monoisotopic (exact) mass is 751 g/mol. The van der Waals surface area contributed by atoms with Crippen molar-refractivity contribution in [3.8, 4) is 28.7 Å². The first-order chi connectivity index (χ1) is 24.0. The first-order valence-corrected chi connectivity index (χ1v) is 16.1. The Kier molecular flexibility index (Phi) is 11.1. The maximum Gasteiger partial charge on any atom is 0.204 e. The first kappa shape index (κ1) is 36.3. The van der Waals surface area contributed by atoms with Crippen molar-refractivity contribution in [1.82, 2.24) is 14.8 Å². The van der Waals surface area contributed by atoms with Crippen molar-refractivity contribution < 1.29 is 42.0 Å². The summed E-state index contributed by atoms with van der Waals surface area (Å²) in [4.78, 5) is 17.3. The lowest BCUT2D eigenvalue weighted by Crippen LogP contribution is -2.20. The fraction of sp³-hybridized carbons (Fsp3) is 0.270. The molecular formula is C37H36BrF2N3O7. The Morgan fingerprint density at radius 2 is 1.56 bits per heavy atom. The van der Waals surface area contributed by atoms with Gasteiger partial charge in [0.1, 0.15) is 47.5 Å². The number of hydrogen-bond acceptors (Lipinski definition) is 9. The van der Waals surface area contributed by atoms with Crippen molar-refractivity contribution in [2.24, 2.45) is 0 Å². The molecule has 2 atom stereocenters. The second-order valence-corrected chi connectivity index (χ2v) is 12.1. The summed E-state index contributed by atoms with van der Waals surface area (Å²) in [5.41, 5.74) is 2.58. The minimum atomic E-state index is -0.908. The largest absolute Gasteiger partial charge is 0.496 e. The van der Waals surface area contributed by atoms with E-state index in [0.717, 1.165) is 15.6 Å². The quantitative estimate of drug-likeness (QED) is 0.0999. The lowest BCUT2D eigenvalue weighted by Gasteiger charge is -2.19. The summed E-state index contributed by atoms with van der Waals surface area (Å²) in [5.74, 6) is 1.10. The molecule has 0 saturated carbocycles. The van der Waals surface area contributed by atoms with Gasteiger partial charge in [-0.05, 0) is 61.4 Å². The summed E-state index contributed by atoms with van der Waals surface area (Å²) in [5, 5.41) is 4.11. The van der Waals surface area contributed by atoms with Gasteiger partial charge in [0.25, 0.3) is 0 Å². The van der Waals surface area contributed by atoms with E-state index in [1.165, 1.54) is 53.0 Å². The molecule has 1 aliphatic heterocycles. The fourth-order valence-electron chi connectivity index (χ4n) is 5.96. The van der Waals surface area contributed by atoms with Crippen LogP contribution in [0.2, 0.25) is 0 Å². The third kappa shape index (κ3) is 6.88. The number of hydrogen-bond donors (Lipinski definition) is 0. The lowest BCUT2D eigenvalue weighted by molar-refractivity contribution is 0.103. The summed E-state index contributed by atoms with van der Waals surface area (Å²) >= 11 is 3.47. The number of aromatic nitrogens is 3. The average Bonchev–Trinajstić information content (AvgIpc) is 3.59. The molecule has 0 bridgehead atoms. The second-order valence-electron chi connectivity index (χ2n) is 11.3. The van der Waals surface area contributed by atoms with Gasteiger partial charge < -0.3 is 28.4 Å². The molecule has 0 spiro atoms. The van der Waals surface area contributed by atoms with Gasteiger partial charge in [0.2, 0.25) is 11.5 Å². The van der Waals surface area contributed by atoms with E-state index in [9.17, 15) is 13.6 Å². The van der Waals surface area contributed by atoms with Crippen molar-refractivity contribution in [3.05, 3.63) is 123 Å². The highest BCUT2D eigenvalue weighted by Gasteiger charge is 2.61. The Hall–Kier alpha value is -5.01. The number of benzene rings is 4. The molecule has 10 nitrogen and oxygen atoms in total. The van der Waals surface area contributed by atoms with Gasteiger partial charge in [0, 0.05) is 21.7 Å². The molecule has 1 fully saturated rings. The molecule has 0 amide bonds. The predicted molar refractivity (Wildman–Crippen MR) is 185 cm³/mol. The number of aryl methyl sites for hydroxylation is 1.